The highest BCUT2D eigenvalue weighted by Crippen LogP contribution is 2.36. The summed E-state index contributed by atoms with van der Waals surface area (Å²) in [4.78, 5) is 0. The maximum atomic E-state index is 6.19. The highest BCUT2D eigenvalue weighted by molar-refractivity contribution is 6.32. The largest absolute Gasteiger partial charge is 0.493 e. The third kappa shape index (κ3) is 5.29. The molecule has 0 unspecified atom stereocenters. The average molecular weight is 286 g/mol. The SMILES string of the molecule is CCCCCCCOc1c(Cl)cc(CN)cc1OC. The summed E-state index contributed by atoms with van der Waals surface area (Å²) in [6, 6.07) is 3.70. The Kier molecular flexibility index (Phi) is 7.68. The number of hydrogen-bond acceptors (Lipinski definition) is 3. The van der Waals surface area contributed by atoms with Crippen molar-refractivity contribution >= 4 is 11.6 Å². The number of methoxy groups -OCH3 is 1. The summed E-state index contributed by atoms with van der Waals surface area (Å²) in [7, 11) is 1.61. The van der Waals surface area contributed by atoms with Crippen molar-refractivity contribution in [2.75, 3.05) is 13.7 Å². The molecular weight excluding hydrogens is 262 g/mol. The van der Waals surface area contributed by atoms with E-state index in [1.807, 2.05) is 12.1 Å². The van der Waals surface area contributed by atoms with E-state index in [1.54, 1.807) is 7.11 Å². The molecular formula is C15H24ClNO2. The molecule has 0 aliphatic carbocycles. The lowest BCUT2D eigenvalue weighted by Crippen LogP contribution is -2.02. The zero-order valence-electron chi connectivity index (χ0n) is 11.9. The fourth-order valence-corrected chi connectivity index (χ4v) is 2.20. The molecule has 0 saturated carbocycles. The fraction of sp³-hybridized carbons (Fsp3) is 0.600. The van der Waals surface area contributed by atoms with Crippen LogP contribution in [0.25, 0.3) is 0 Å². The monoisotopic (exact) mass is 285 g/mol. The van der Waals surface area contributed by atoms with E-state index in [0.717, 1.165) is 12.0 Å². The third-order valence-corrected chi connectivity index (χ3v) is 3.30. The molecule has 1 aromatic rings. The predicted molar refractivity (Wildman–Crippen MR) is 80.1 cm³/mol. The van der Waals surface area contributed by atoms with Crippen LogP contribution in [0.1, 0.15) is 44.6 Å². The summed E-state index contributed by atoms with van der Waals surface area (Å²) in [5.41, 5.74) is 6.55. The van der Waals surface area contributed by atoms with Crippen molar-refractivity contribution in [2.24, 2.45) is 5.73 Å². The molecule has 1 aromatic carbocycles. The quantitative estimate of drug-likeness (QED) is 0.693. The molecule has 0 radical (unpaired) electrons. The van der Waals surface area contributed by atoms with Crippen molar-refractivity contribution < 1.29 is 9.47 Å². The first-order chi connectivity index (χ1) is 9.22. The second kappa shape index (κ2) is 9.05. The molecule has 0 saturated heterocycles. The molecule has 0 amide bonds. The number of benzene rings is 1. The molecule has 0 heterocycles. The minimum absolute atomic E-state index is 0.438. The second-order valence-electron chi connectivity index (χ2n) is 4.58. The molecule has 4 heteroatoms. The van der Waals surface area contributed by atoms with Crippen molar-refractivity contribution in [3.8, 4) is 11.5 Å². The van der Waals surface area contributed by atoms with Crippen molar-refractivity contribution in [1.82, 2.24) is 0 Å². The Labute approximate surface area is 121 Å². The Morgan fingerprint density at radius 1 is 1.16 bits per heavy atom. The minimum Gasteiger partial charge on any atom is -0.493 e. The number of nitrogens with two attached hydrogens (primary N) is 1. The van der Waals surface area contributed by atoms with Gasteiger partial charge in [0.2, 0.25) is 0 Å². The van der Waals surface area contributed by atoms with Gasteiger partial charge in [-0.05, 0) is 24.1 Å². The highest BCUT2D eigenvalue weighted by Gasteiger charge is 2.11. The van der Waals surface area contributed by atoms with Gasteiger partial charge in [-0.1, -0.05) is 44.2 Å². The van der Waals surface area contributed by atoms with Gasteiger partial charge in [-0.3, -0.25) is 0 Å². The molecule has 1 rings (SSSR count). The van der Waals surface area contributed by atoms with Gasteiger partial charge in [-0.2, -0.15) is 0 Å². The second-order valence-corrected chi connectivity index (χ2v) is 4.98. The number of rotatable bonds is 9. The van der Waals surface area contributed by atoms with Gasteiger partial charge in [0.25, 0.3) is 0 Å². The molecule has 0 aliphatic heterocycles. The molecule has 2 N–H and O–H groups in total. The Hall–Kier alpha value is -0.930. The van der Waals surface area contributed by atoms with Gasteiger partial charge < -0.3 is 15.2 Å². The van der Waals surface area contributed by atoms with E-state index in [9.17, 15) is 0 Å². The number of unbranched alkanes of at least 4 members (excludes halogenated alkanes) is 4. The molecule has 0 aliphatic rings. The van der Waals surface area contributed by atoms with Gasteiger partial charge in [0.05, 0.1) is 18.7 Å². The lowest BCUT2D eigenvalue weighted by Gasteiger charge is -2.13. The standard InChI is InChI=1S/C15H24ClNO2/c1-3-4-5-6-7-8-19-15-13(16)9-12(11-17)10-14(15)18-2/h9-10H,3-8,11,17H2,1-2H3. The van der Waals surface area contributed by atoms with Crippen LogP contribution in [0.2, 0.25) is 5.02 Å². The van der Waals surface area contributed by atoms with E-state index < -0.39 is 0 Å². The zero-order chi connectivity index (χ0) is 14.1. The van der Waals surface area contributed by atoms with Crippen LogP contribution in [0.15, 0.2) is 12.1 Å². The van der Waals surface area contributed by atoms with Gasteiger partial charge >= 0.3 is 0 Å². The van der Waals surface area contributed by atoms with Crippen molar-refractivity contribution in [3.63, 3.8) is 0 Å². The normalized spacial score (nSPS) is 10.5. The Morgan fingerprint density at radius 3 is 2.53 bits per heavy atom. The van der Waals surface area contributed by atoms with Gasteiger partial charge in [-0.25, -0.2) is 0 Å². The minimum atomic E-state index is 0.438. The van der Waals surface area contributed by atoms with Gasteiger partial charge in [0, 0.05) is 6.54 Å². The molecule has 3 nitrogen and oxygen atoms in total. The Bertz CT molecular complexity index is 383. The summed E-state index contributed by atoms with van der Waals surface area (Å²) in [6.45, 7) is 3.31. The molecule has 0 aromatic heterocycles. The van der Waals surface area contributed by atoms with Crippen molar-refractivity contribution in [1.29, 1.82) is 0 Å². The molecule has 19 heavy (non-hydrogen) atoms. The first-order valence-electron chi connectivity index (χ1n) is 6.92. The lowest BCUT2D eigenvalue weighted by molar-refractivity contribution is 0.285. The fourth-order valence-electron chi connectivity index (χ4n) is 1.91. The van der Waals surface area contributed by atoms with Crippen LogP contribution in [0.5, 0.6) is 11.5 Å². The summed E-state index contributed by atoms with van der Waals surface area (Å²) in [5, 5.41) is 0.563. The molecule has 0 atom stereocenters. The molecule has 108 valence electrons. The topological polar surface area (TPSA) is 44.5 Å². The zero-order valence-corrected chi connectivity index (χ0v) is 12.6. The van der Waals surface area contributed by atoms with E-state index in [2.05, 4.69) is 6.92 Å². The number of halogens is 1. The molecule has 0 spiro atoms. The van der Waals surface area contributed by atoms with Crippen LogP contribution in [0.3, 0.4) is 0 Å². The first-order valence-corrected chi connectivity index (χ1v) is 7.30. The van der Waals surface area contributed by atoms with Gasteiger partial charge in [0.1, 0.15) is 0 Å². The smallest absolute Gasteiger partial charge is 0.179 e. The predicted octanol–water partition coefficient (Wildman–Crippen LogP) is 4.16. The third-order valence-electron chi connectivity index (χ3n) is 3.02. The lowest BCUT2D eigenvalue weighted by atomic mass is 10.1. The van der Waals surface area contributed by atoms with Crippen LogP contribution >= 0.6 is 11.6 Å². The van der Waals surface area contributed by atoms with Crippen molar-refractivity contribution in [3.05, 3.63) is 22.7 Å². The average Bonchev–Trinajstić information content (AvgIpc) is 2.43. The van der Waals surface area contributed by atoms with Crippen LogP contribution in [0, 0.1) is 0 Å². The molecule has 0 fully saturated rings. The van der Waals surface area contributed by atoms with Crippen LogP contribution in [-0.2, 0) is 6.54 Å². The van der Waals surface area contributed by atoms with E-state index >= 15 is 0 Å². The molecule has 0 bridgehead atoms. The van der Waals surface area contributed by atoms with Crippen molar-refractivity contribution in [2.45, 2.75) is 45.6 Å². The maximum Gasteiger partial charge on any atom is 0.179 e. The maximum absolute atomic E-state index is 6.19. The van der Waals surface area contributed by atoms with E-state index in [4.69, 9.17) is 26.8 Å². The van der Waals surface area contributed by atoms with Crippen LogP contribution in [-0.4, -0.2) is 13.7 Å². The van der Waals surface area contributed by atoms with E-state index in [0.29, 0.717) is 29.7 Å². The highest BCUT2D eigenvalue weighted by atomic mass is 35.5. The first kappa shape index (κ1) is 16.1. The van der Waals surface area contributed by atoms with E-state index in [1.165, 1.54) is 25.7 Å². The van der Waals surface area contributed by atoms with E-state index in [-0.39, 0.29) is 0 Å². The number of ether oxygens (including phenoxy) is 2. The van der Waals surface area contributed by atoms with Gasteiger partial charge in [0.15, 0.2) is 11.5 Å². The van der Waals surface area contributed by atoms with Crippen LogP contribution < -0.4 is 15.2 Å². The summed E-state index contributed by atoms with van der Waals surface area (Å²) in [5.74, 6) is 1.28. The summed E-state index contributed by atoms with van der Waals surface area (Å²) < 4.78 is 11.0. The van der Waals surface area contributed by atoms with Crippen LogP contribution in [0.4, 0.5) is 0 Å². The Morgan fingerprint density at radius 2 is 1.89 bits per heavy atom. The number of hydrogen-bond donors (Lipinski definition) is 1. The Balaban J connectivity index is 2.52. The van der Waals surface area contributed by atoms with Gasteiger partial charge in [-0.15, -0.1) is 0 Å². The summed E-state index contributed by atoms with van der Waals surface area (Å²) >= 11 is 6.19. The summed E-state index contributed by atoms with van der Waals surface area (Å²) in [6.07, 6.45) is 6.03.